The molecule has 2 heterocycles. The molecule has 40 heavy (non-hydrogen) atoms. The molecule has 1 aliphatic rings. The second-order valence-electron chi connectivity index (χ2n) is 10.6. The van der Waals surface area contributed by atoms with E-state index in [0.29, 0.717) is 17.3 Å². The summed E-state index contributed by atoms with van der Waals surface area (Å²) < 4.78 is 46.7. The molecule has 0 amide bonds. The molecule has 0 saturated heterocycles. The van der Waals surface area contributed by atoms with Gasteiger partial charge in [-0.15, -0.1) is 0 Å². The van der Waals surface area contributed by atoms with E-state index in [9.17, 15) is 8.42 Å². The van der Waals surface area contributed by atoms with Crippen LogP contribution in [0.4, 0.5) is 0 Å². The highest BCUT2D eigenvalue weighted by Gasteiger charge is 2.29. The molecule has 0 aliphatic carbocycles. The summed E-state index contributed by atoms with van der Waals surface area (Å²) >= 11 is 0. The summed E-state index contributed by atoms with van der Waals surface area (Å²) in [6.07, 6.45) is 2.71. The van der Waals surface area contributed by atoms with E-state index in [1.807, 2.05) is 49.7 Å². The average Bonchev–Trinajstić information content (AvgIpc) is 3.28. The number of rotatable bonds is 10. The molecule has 3 aromatic carbocycles. The zero-order valence-corrected chi connectivity index (χ0v) is 24.7. The third kappa shape index (κ3) is 5.18. The fourth-order valence-electron chi connectivity index (χ4n) is 5.85. The molecule has 4 aromatic rings. The largest absolute Gasteiger partial charge is 0.494 e. The summed E-state index contributed by atoms with van der Waals surface area (Å²) in [7, 11) is 1.53. The lowest BCUT2D eigenvalue weighted by molar-refractivity contribution is 0.294. The van der Waals surface area contributed by atoms with E-state index in [4.69, 9.17) is 14.2 Å². The van der Waals surface area contributed by atoms with Crippen LogP contribution in [0.1, 0.15) is 55.5 Å². The molecule has 8 heteroatoms. The van der Waals surface area contributed by atoms with Crippen LogP contribution in [-0.4, -0.2) is 40.4 Å². The Bertz CT molecular complexity index is 1610. The number of para-hydroxylation sites is 1. The van der Waals surface area contributed by atoms with Crippen LogP contribution < -0.4 is 19.5 Å². The summed E-state index contributed by atoms with van der Waals surface area (Å²) in [5, 5.41) is 4.36. The minimum absolute atomic E-state index is 0.0542. The van der Waals surface area contributed by atoms with Crippen LogP contribution in [0.5, 0.6) is 17.2 Å². The Balaban J connectivity index is 1.27. The topological polar surface area (TPSA) is 78.8 Å². The third-order valence-corrected chi connectivity index (χ3v) is 9.62. The Morgan fingerprint density at radius 2 is 1.70 bits per heavy atom. The number of nitrogens with one attached hydrogen (secondary N) is 1. The number of hydrogen-bond acceptors (Lipinski definition) is 6. The predicted octanol–water partition coefficient (Wildman–Crippen LogP) is 6.20. The first-order valence-electron chi connectivity index (χ1n) is 13.8. The number of aryl methyl sites for hydroxylation is 1. The van der Waals surface area contributed by atoms with Gasteiger partial charge in [0.25, 0.3) is 0 Å². The van der Waals surface area contributed by atoms with E-state index in [-0.39, 0.29) is 16.9 Å². The standard InChI is InChI=1S/C32H38N2O5S/c1-21(2)31-32(25-9-6-7-11-28(25)34(31)3)40(35,36)24-14-12-23(13-15-24)39-18-8-10-27-26-20-30(38-5)29(37-4)19-22(26)16-17-33-27/h6-7,9,11-15,19-21,27,33H,8,10,16-18H2,1-5H3. The Kier molecular flexibility index (Phi) is 8.10. The zero-order chi connectivity index (χ0) is 28.4. The van der Waals surface area contributed by atoms with E-state index in [1.54, 1.807) is 38.5 Å². The number of fused-ring (bicyclic) bond motifs is 2. The fraction of sp³-hybridized carbons (Fsp3) is 0.375. The van der Waals surface area contributed by atoms with E-state index < -0.39 is 9.84 Å². The van der Waals surface area contributed by atoms with Crippen LogP contribution in [0.25, 0.3) is 10.9 Å². The molecule has 1 N–H and O–H groups in total. The van der Waals surface area contributed by atoms with Crippen molar-refractivity contribution in [1.29, 1.82) is 0 Å². The third-order valence-electron chi connectivity index (χ3n) is 7.77. The predicted molar refractivity (Wildman–Crippen MR) is 158 cm³/mol. The van der Waals surface area contributed by atoms with E-state index in [1.165, 1.54) is 11.1 Å². The van der Waals surface area contributed by atoms with Gasteiger partial charge in [-0.05, 0) is 85.3 Å². The van der Waals surface area contributed by atoms with Gasteiger partial charge in [0.1, 0.15) is 10.6 Å². The molecule has 212 valence electrons. The van der Waals surface area contributed by atoms with Crippen LogP contribution in [0.15, 0.2) is 70.5 Å². The van der Waals surface area contributed by atoms with E-state index >= 15 is 0 Å². The highest BCUT2D eigenvalue weighted by Crippen LogP contribution is 2.38. The normalized spacial score (nSPS) is 15.3. The molecule has 7 nitrogen and oxygen atoms in total. The lowest BCUT2D eigenvalue weighted by Gasteiger charge is -2.28. The van der Waals surface area contributed by atoms with Gasteiger partial charge in [-0.1, -0.05) is 32.0 Å². The lowest BCUT2D eigenvalue weighted by Crippen LogP contribution is -2.30. The maximum atomic E-state index is 13.8. The first-order chi connectivity index (χ1) is 19.3. The second-order valence-corrected chi connectivity index (χ2v) is 12.5. The van der Waals surface area contributed by atoms with Gasteiger partial charge in [0.05, 0.1) is 25.7 Å². The molecule has 5 rings (SSSR count). The Hall–Kier alpha value is -3.49. The molecule has 1 unspecified atom stereocenters. The van der Waals surface area contributed by atoms with Crippen molar-refractivity contribution < 1.29 is 22.6 Å². The van der Waals surface area contributed by atoms with Crippen molar-refractivity contribution in [3.05, 3.63) is 77.5 Å². The van der Waals surface area contributed by atoms with E-state index in [0.717, 1.165) is 53.9 Å². The van der Waals surface area contributed by atoms with Gasteiger partial charge in [0.15, 0.2) is 11.5 Å². The van der Waals surface area contributed by atoms with Crippen molar-refractivity contribution in [1.82, 2.24) is 9.88 Å². The Labute approximate surface area is 237 Å². The number of sulfone groups is 1. The van der Waals surface area contributed by atoms with Gasteiger partial charge < -0.3 is 24.1 Å². The smallest absolute Gasteiger partial charge is 0.209 e. The summed E-state index contributed by atoms with van der Waals surface area (Å²) in [6, 6.07) is 18.8. The van der Waals surface area contributed by atoms with Crippen molar-refractivity contribution >= 4 is 20.7 Å². The van der Waals surface area contributed by atoms with Gasteiger partial charge >= 0.3 is 0 Å². The van der Waals surface area contributed by atoms with E-state index in [2.05, 4.69) is 17.4 Å². The molecule has 1 aromatic heterocycles. The van der Waals surface area contributed by atoms with Gasteiger partial charge in [-0.2, -0.15) is 0 Å². The van der Waals surface area contributed by atoms with Gasteiger partial charge in [0.2, 0.25) is 9.84 Å². The molecule has 0 saturated carbocycles. The van der Waals surface area contributed by atoms with Crippen molar-refractivity contribution in [3.63, 3.8) is 0 Å². The fourth-order valence-corrected chi connectivity index (χ4v) is 7.69. The maximum Gasteiger partial charge on any atom is 0.209 e. The van der Waals surface area contributed by atoms with Crippen LogP contribution >= 0.6 is 0 Å². The minimum atomic E-state index is -3.72. The number of hydrogen-bond donors (Lipinski definition) is 1. The number of nitrogens with zero attached hydrogens (tertiary/aromatic N) is 1. The van der Waals surface area contributed by atoms with Gasteiger partial charge in [-0.3, -0.25) is 0 Å². The molecular weight excluding hydrogens is 524 g/mol. The Morgan fingerprint density at radius 3 is 2.40 bits per heavy atom. The second kappa shape index (κ2) is 11.6. The lowest BCUT2D eigenvalue weighted by atomic mass is 9.91. The van der Waals surface area contributed by atoms with Crippen molar-refractivity contribution in [2.24, 2.45) is 7.05 Å². The van der Waals surface area contributed by atoms with Gasteiger partial charge in [0, 0.05) is 29.7 Å². The molecule has 0 spiro atoms. The first kappa shape index (κ1) is 28.1. The van der Waals surface area contributed by atoms with Crippen LogP contribution in [0.2, 0.25) is 0 Å². The van der Waals surface area contributed by atoms with Crippen molar-refractivity contribution in [3.8, 4) is 17.2 Å². The Morgan fingerprint density at radius 1 is 1.00 bits per heavy atom. The van der Waals surface area contributed by atoms with Crippen LogP contribution in [0.3, 0.4) is 0 Å². The summed E-state index contributed by atoms with van der Waals surface area (Å²) in [4.78, 5) is 0.661. The van der Waals surface area contributed by atoms with Crippen molar-refractivity contribution in [2.75, 3.05) is 27.4 Å². The summed E-state index contributed by atoms with van der Waals surface area (Å²) in [5.74, 6) is 2.21. The number of benzene rings is 3. The highest BCUT2D eigenvalue weighted by atomic mass is 32.2. The summed E-state index contributed by atoms with van der Waals surface area (Å²) in [5.41, 5.74) is 4.26. The molecule has 0 radical (unpaired) electrons. The number of aromatic nitrogens is 1. The molecule has 0 fully saturated rings. The highest BCUT2D eigenvalue weighted by molar-refractivity contribution is 7.91. The quantitative estimate of drug-likeness (QED) is 0.232. The van der Waals surface area contributed by atoms with Crippen molar-refractivity contribution in [2.45, 2.75) is 54.9 Å². The number of methoxy groups -OCH3 is 2. The van der Waals surface area contributed by atoms with Gasteiger partial charge in [-0.25, -0.2) is 8.42 Å². The molecule has 1 aliphatic heterocycles. The maximum absolute atomic E-state index is 13.8. The average molecular weight is 563 g/mol. The SMILES string of the molecule is COc1cc2c(cc1OC)C(CCCOc1ccc(S(=O)(=O)c3c(C(C)C)n(C)c4ccccc34)cc1)NCC2. The minimum Gasteiger partial charge on any atom is -0.494 e. The molecule has 0 bridgehead atoms. The van der Waals surface area contributed by atoms with Crippen LogP contribution in [0, 0.1) is 0 Å². The zero-order valence-electron chi connectivity index (χ0n) is 23.9. The summed E-state index contributed by atoms with van der Waals surface area (Å²) in [6.45, 7) is 5.50. The monoisotopic (exact) mass is 562 g/mol. The van der Waals surface area contributed by atoms with Crippen LogP contribution in [-0.2, 0) is 23.3 Å². The molecule has 1 atom stereocenters. The number of ether oxygens (including phenoxy) is 3. The molecular formula is C32H38N2O5S. The first-order valence-corrected chi connectivity index (χ1v) is 15.3.